The van der Waals surface area contributed by atoms with Crippen LogP contribution in [0.5, 0.6) is 0 Å². The third-order valence-corrected chi connectivity index (χ3v) is 2.79. The van der Waals surface area contributed by atoms with Crippen LogP contribution in [-0.4, -0.2) is 18.5 Å². The van der Waals surface area contributed by atoms with Crippen LogP contribution < -0.4 is 10.2 Å². The molecule has 0 atom stereocenters. The van der Waals surface area contributed by atoms with Gasteiger partial charge in [-0.2, -0.15) is 0 Å². The maximum atomic E-state index is 11.5. The molecule has 0 aromatic heterocycles. The van der Waals surface area contributed by atoms with Crippen LogP contribution >= 0.6 is 11.6 Å². The zero-order chi connectivity index (χ0) is 11.0. The molecule has 15 heavy (non-hydrogen) atoms. The van der Waals surface area contributed by atoms with Crippen LogP contribution in [0.3, 0.4) is 0 Å². The quantitative estimate of drug-likeness (QED) is 0.795. The van der Waals surface area contributed by atoms with Gasteiger partial charge in [-0.3, -0.25) is 4.79 Å². The Bertz CT molecular complexity index is 404. The van der Waals surface area contributed by atoms with Crippen molar-refractivity contribution in [3.8, 4) is 0 Å². The van der Waals surface area contributed by atoms with E-state index in [1.54, 1.807) is 0 Å². The third-order valence-electron chi connectivity index (χ3n) is 2.49. The summed E-state index contributed by atoms with van der Waals surface area (Å²) >= 11 is 6.14. The molecule has 1 aliphatic rings. The largest absolute Gasteiger partial charge is 0.357 e. The van der Waals surface area contributed by atoms with Crippen LogP contribution in [0.15, 0.2) is 18.2 Å². The fourth-order valence-corrected chi connectivity index (χ4v) is 2.06. The zero-order valence-electron chi connectivity index (χ0n) is 8.75. The molecule has 0 radical (unpaired) electrons. The number of nitrogens with zero attached hydrogens (tertiary/aromatic N) is 1. The van der Waals surface area contributed by atoms with Gasteiger partial charge in [-0.1, -0.05) is 17.7 Å². The number of carbonyl (C=O) groups excluding carboxylic acids is 1. The highest BCUT2D eigenvalue weighted by Crippen LogP contribution is 2.37. The van der Waals surface area contributed by atoms with Crippen molar-refractivity contribution in [2.24, 2.45) is 0 Å². The lowest BCUT2D eigenvalue weighted by Crippen LogP contribution is -2.42. The van der Waals surface area contributed by atoms with E-state index in [0.717, 1.165) is 11.4 Å². The van der Waals surface area contributed by atoms with Gasteiger partial charge in [-0.25, -0.2) is 0 Å². The Morgan fingerprint density at radius 2 is 2.20 bits per heavy atom. The number of rotatable bonds is 1. The number of nitrogens with one attached hydrogen (secondary N) is 1. The lowest BCUT2D eigenvalue weighted by Gasteiger charge is -2.34. The first-order valence-electron chi connectivity index (χ1n) is 4.94. The van der Waals surface area contributed by atoms with E-state index in [9.17, 15) is 4.79 Å². The predicted molar refractivity (Wildman–Crippen MR) is 62.6 cm³/mol. The number of halogens is 1. The smallest absolute Gasteiger partial charge is 0.243 e. The van der Waals surface area contributed by atoms with Gasteiger partial charge in [0.15, 0.2) is 0 Å². The first kappa shape index (κ1) is 10.3. The average Bonchev–Trinajstić information content (AvgIpc) is 2.16. The van der Waals surface area contributed by atoms with Crippen molar-refractivity contribution >= 4 is 28.9 Å². The highest BCUT2D eigenvalue weighted by molar-refractivity contribution is 6.34. The van der Waals surface area contributed by atoms with Gasteiger partial charge in [0.25, 0.3) is 0 Å². The molecule has 0 fully saturated rings. The molecule has 0 saturated carbocycles. The molecule has 1 N–H and O–H groups in total. The average molecular weight is 225 g/mol. The maximum absolute atomic E-state index is 11.5. The van der Waals surface area contributed by atoms with Gasteiger partial charge in [-0.05, 0) is 26.0 Å². The Morgan fingerprint density at radius 1 is 1.47 bits per heavy atom. The van der Waals surface area contributed by atoms with Gasteiger partial charge in [0.1, 0.15) is 0 Å². The normalized spacial score (nSPS) is 15.2. The van der Waals surface area contributed by atoms with E-state index in [1.165, 1.54) is 0 Å². The van der Waals surface area contributed by atoms with Gasteiger partial charge in [-0.15, -0.1) is 0 Å². The Hall–Kier alpha value is -1.22. The summed E-state index contributed by atoms with van der Waals surface area (Å²) < 4.78 is 0. The van der Waals surface area contributed by atoms with Crippen molar-refractivity contribution in [1.29, 1.82) is 0 Å². The molecule has 0 bridgehead atoms. The molecule has 0 saturated heterocycles. The van der Waals surface area contributed by atoms with Crippen molar-refractivity contribution in [2.45, 2.75) is 19.9 Å². The van der Waals surface area contributed by atoms with Crippen molar-refractivity contribution in [2.75, 3.05) is 16.8 Å². The summed E-state index contributed by atoms with van der Waals surface area (Å²) in [6.07, 6.45) is 0. The van der Waals surface area contributed by atoms with Gasteiger partial charge < -0.3 is 10.2 Å². The Balaban J connectivity index is 2.52. The molecule has 2 rings (SSSR count). The lowest BCUT2D eigenvalue weighted by atomic mass is 10.1. The summed E-state index contributed by atoms with van der Waals surface area (Å²) in [6.45, 7) is 4.46. The van der Waals surface area contributed by atoms with E-state index in [-0.39, 0.29) is 11.9 Å². The summed E-state index contributed by atoms with van der Waals surface area (Å²) in [4.78, 5) is 13.5. The van der Waals surface area contributed by atoms with Crippen LogP contribution in [0.1, 0.15) is 13.8 Å². The molecule has 0 unspecified atom stereocenters. The first-order chi connectivity index (χ1) is 7.09. The standard InChI is InChI=1S/C11H13ClN2O/c1-7(2)14-6-10(15)13-9-5-3-4-8(12)11(9)14/h3-5,7H,6H2,1-2H3,(H,13,15). The predicted octanol–water partition coefficient (Wildman–Crippen LogP) is 2.51. The zero-order valence-corrected chi connectivity index (χ0v) is 9.51. The number of carbonyl (C=O) groups is 1. The maximum Gasteiger partial charge on any atom is 0.243 e. The van der Waals surface area contributed by atoms with E-state index in [2.05, 4.69) is 5.32 Å². The van der Waals surface area contributed by atoms with E-state index in [4.69, 9.17) is 11.6 Å². The molecule has 0 aliphatic carbocycles. The summed E-state index contributed by atoms with van der Waals surface area (Å²) in [7, 11) is 0. The Morgan fingerprint density at radius 3 is 2.87 bits per heavy atom. The second-order valence-electron chi connectivity index (χ2n) is 3.91. The van der Waals surface area contributed by atoms with Crippen molar-refractivity contribution in [3.05, 3.63) is 23.2 Å². The van der Waals surface area contributed by atoms with Crippen LogP contribution in [-0.2, 0) is 4.79 Å². The van der Waals surface area contributed by atoms with Crippen LogP contribution in [0.2, 0.25) is 5.02 Å². The highest BCUT2D eigenvalue weighted by Gasteiger charge is 2.25. The van der Waals surface area contributed by atoms with E-state index >= 15 is 0 Å². The van der Waals surface area contributed by atoms with Gasteiger partial charge in [0.05, 0.1) is 22.9 Å². The van der Waals surface area contributed by atoms with Gasteiger partial charge in [0, 0.05) is 6.04 Å². The van der Waals surface area contributed by atoms with Crippen molar-refractivity contribution < 1.29 is 4.79 Å². The highest BCUT2D eigenvalue weighted by atomic mass is 35.5. The monoisotopic (exact) mass is 224 g/mol. The number of hydrogen-bond acceptors (Lipinski definition) is 2. The third kappa shape index (κ3) is 1.79. The van der Waals surface area contributed by atoms with Crippen molar-refractivity contribution in [1.82, 2.24) is 0 Å². The fourth-order valence-electron chi connectivity index (χ4n) is 1.77. The van der Waals surface area contributed by atoms with Crippen LogP contribution in [0.4, 0.5) is 11.4 Å². The van der Waals surface area contributed by atoms with E-state index < -0.39 is 0 Å². The molecule has 1 aromatic carbocycles. The Kier molecular flexibility index (Phi) is 2.57. The number of amides is 1. The summed E-state index contributed by atoms with van der Waals surface area (Å²) in [5.41, 5.74) is 1.72. The molecule has 4 heteroatoms. The SMILES string of the molecule is CC(C)N1CC(=O)Nc2cccc(Cl)c21. The number of fused-ring (bicyclic) bond motifs is 1. The van der Waals surface area contributed by atoms with Crippen LogP contribution in [0, 0.1) is 0 Å². The number of hydrogen-bond donors (Lipinski definition) is 1. The molecule has 0 spiro atoms. The van der Waals surface area contributed by atoms with E-state index in [1.807, 2.05) is 36.9 Å². The Labute approximate surface area is 94.0 Å². The second kappa shape index (κ2) is 3.74. The number of anilines is 2. The second-order valence-corrected chi connectivity index (χ2v) is 4.31. The molecular formula is C11H13ClN2O. The number of benzene rings is 1. The molecule has 1 amide bonds. The van der Waals surface area contributed by atoms with Crippen molar-refractivity contribution in [3.63, 3.8) is 0 Å². The molecule has 3 nitrogen and oxygen atoms in total. The number of para-hydroxylation sites is 1. The van der Waals surface area contributed by atoms with Gasteiger partial charge >= 0.3 is 0 Å². The minimum atomic E-state index is 0.0125. The topological polar surface area (TPSA) is 32.3 Å². The first-order valence-corrected chi connectivity index (χ1v) is 5.32. The minimum Gasteiger partial charge on any atom is -0.357 e. The van der Waals surface area contributed by atoms with Crippen LogP contribution in [0.25, 0.3) is 0 Å². The summed E-state index contributed by atoms with van der Waals surface area (Å²) in [5, 5.41) is 3.50. The lowest BCUT2D eigenvalue weighted by molar-refractivity contribution is -0.115. The molecule has 1 heterocycles. The molecule has 80 valence electrons. The van der Waals surface area contributed by atoms with Gasteiger partial charge in [0.2, 0.25) is 5.91 Å². The molecular weight excluding hydrogens is 212 g/mol. The molecule has 1 aliphatic heterocycles. The van der Waals surface area contributed by atoms with E-state index in [0.29, 0.717) is 11.6 Å². The summed E-state index contributed by atoms with van der Waals surface area (Å²) in [6, 6.07) is 5.81. The fraction of sp³-hybridized carbons (Fsp3) is 0.364. The summed E-state index contributed by atoms with van der Waals surface area (Å²) in [5.74, 6) is 0.0125. The minimum absolute atomic E-state index is 0.0125. The molecule has 1 aromatic rings.